The number of hydrogen-bond donors (Lipinski definition) is 3. The highest BCUT2D eigenvalue weighted by Crippen LogP contribution is 2.43. The summed E-state index contributed by atoms with van der Waals surface area (Å²) in [6.45, 7) is 4.84. The molecular formula is C71H138N2O6P+. The molecule has 9 heteroatoms. The maximum Gasteiger partial charge on any atom is 0.472 e. The quantitative estimate of drug-likeness (QED) is 0.0243. The van der Waals surface area contributed by atoms with E-state index in [9.17, 15) is 19.4 Å². The molecular weight excluding hydrogens is 1010 g/mol. The Labute approximate surface area is 499 Å². The van der Waals surface area contributed by atoms with Crippen LogP contribution in [0.25, 0.3) is 0 Å². The molecule has 3 unspecified atom stereocenters. The third-order valence-electron chi connectivity index (χ3n) is 16.0. The number of amides is 1. The molecule has 0 heterocycles. The fourth-order valence-corrected chi connectivity index (χ4v) is 11.3. The molecule has 0 spiro atoms. The number of carbonyl (C=O) groups excluding carboxylic acids is 1. The van der Waals surface area contributed by atoms with Gasteiger partial charge < -0.3 is 19.8 Å². The van der Waals surface area contributed by atoms with E-state index in [4.69, 9.17) is 9.05 Å². The standard InChI is InChI=1S/C71H137N2O6P/c1-6-8-10-12-14-16-18-20-22-24-26-28-30-32-34-35-36-37-39-40-42-44-46-48-50-52-54-56-58-60-62-64-70(74)69(68-79-80(76,77)78-67-66-73(3,4)5)72-71(75)65-63-61-59-57-55-53-51-49-47-45-43-41-38-33-31-29-27-25-23-21-19-17-15-13-11-9-7-2/h25,27,46,48,54,56,62,64,69-70,74H,6-24,26,28-45,47,49-53,55,57-61,63,65-68H2,1-5H3,(H-,72,75,76,77)/p+1/b27-25-,48-46+,56-54+,64-62+. The Morgan fingerprint density at radius 3 is 1.00 bits per heavy atom. The Morgan fingerprint density at radius 1 is 0.412 bits per heavy atom. The predicted molar refractivity (Wildman–Crippen MR) is 351 cm³/mol. The molecule has 8 nitrogen and oxygen atoms in total. The number of nitrogens with one attached hydrogen (secondary N) is 1. The van der Waals surface area contributed by atoms with Crippen molar-refractivity contribution < 1.29 is 32.9 Å². The molecule has 0 bridgehead atoms. The zero-order valence-electron chi connectivity index (χ0n) is 54.1. The summed E-state index contributed by atoms with van der Waals surface area (Å²) < 4.78 is 23.8. The third kappa shape index (κ3) is 64.0. The summed E-state index contributed by atoms with van der Waals surface area (Å²) >= 11 is 0. The molecule has 0 fully saturated rings. The van der Waals surface area contributed by atoms with Gasteiger partial charge in [-0.3, -0.25) is 13.8 Å². The first-order valence-corrected chi connectivity index (χ1v) is 36.5. The van der Waals surface area contributed by atoms with Gasteiger partial charge in [0.15, 0.2) is 0 Å². The van der Waals surface area contributed by atoms with Crippen molar-refractivity contribution in [1.82, 2.24) is 5.32 Å². The summed E-state index contributed by atoms with van der Waals surface area (Å²) in [6.07, 6.45) is 84.1. The van der Waals surface area contributed by atoms with E-state index in [1.807, 2.05) is 27.2 Å². The molecule has 80 heavy (non-hydrogen) atoms. The molecule has 0 aromatic carbocycles. The monoisotopic (exact) mass is 1150 g/mol. The van der Waals surface area contributed by atoms with Gasteiger partial charge in [-0.15, -0.1) is 0 Å². The fraction of sp³-hybridized carbons (Fsp3) is 0.873. The average molecular weight is 1150 g/mol. The van der Waals surface area contributed by atoms with Crippen molar-refractivity contribution in [2.24, 2.45) is 0 Å². The van der Waals surface area contributed by atoms with Crippen molar-refractivity contribution in [3.05, 3.63) is 48.6 Å². The zero-order valence-corrected chi connectivity index (χ0v) is 55.0. The highest BCUT2D eigenvalue weighted by Gasteiger charge is 2.28. The van der Waals surface area contributed by atoms with Crippen molar-refractivity contribution in [2.45, 2.75) is 360 Å². The normalized spacial score (nSPS) is 13.9. The number of quaternary nitrogens is 1. The molecule has 0 aromatic rings. The second kappa shape index (κ2) is 62.0. The lowest BCUT2D eigenvalue weighted by molar-refractivity contribution is -0.870. The van der Waals surface area contributed by atoms with Gasteiger partial charge in [-0.05, 0) is 70.6 Å². The molecule has 3 atom stereocenters. The van der Waals surface area contributed by atoms with Crippen LogP contribution in [0.1, 0.15) is 348 Å². The molecule has 0 aromatic heterocycles. The SMILES string of the molecule is CCCCCCCCCC/C=C\CCCCCCCCCCCCCCCCCC(=O)NC(COP(=O)(O)OCC[N+](C)(C)C)C(O)/C=C/CC/C=C/CC/C=C/CCCCCCCCCCCCCCCCCCCCCCC. The van der Waals surface area contributed by atoms with Crippen LogP contribution in [0.4, 0.5) is 0 Å². The number of carbonyl (C=O) groups is 1. The van der Waals surface area contributed by atoms with Gasteiger partial charge in [0.1, 0.15) is 13.2 Å². The second-order valence-corrected chi connectivity index (χ2v) is 26.7. The Hall–Kier alpha value is -1.54. The van der Waals surface area contributed by atoms with Gasteiger partial charge >= 0.3 is 7.82 Å². The summed E-state index contributed by atoms with van der Waals surface area (Å²) in [6, 6.07) is -0.872. The number of likely N-dealkylation sites (N-methyl/N-ethyl adjacent to an activating group) is 1. The highest BCUT2D eigenvalue weighted by atomic mass is 31.2. The molecule has 0 aliphatic carbocycles. The van der Waals surface area contributed by atoms with E-state index in [-0.39, 0.29) is 19.1 Å². The number of allylic oxidation sites excluding steroid dienone is 7. The lowest BCUT2D eigenvalue weighted by Gasteiger charge is -2.25. The minimum atomic E-state index is -4.37. The fourth-order valence-electron chi connectivity index (χ4n) is 10.5. The lowest BCUT2D eigenvalue weighted by atomic mass is 10.0. The number of rotatable bonds is 65. The van der Waals surface area contributed by atoms with Gasteiger partial charge in [0.25, 0.3) is 0 Å². The topological polar surface area (TPSA) is 105 Å². The first kappa shape index (κ1) is 78.5. The van der Waals surface area contributed by atoms with Crippen molar-refractivity contribution in [2.75, 3.05) is 40.9 Å². The molecule has 1 amide bonds. The van der Waals surface area contributed by atoms with Gasteiger partial charge in [-0.1, -0.05) is 319 Å². The Balaban J connectivity index is 4.12. The van der Waals surface area contributed by atoms with E-state index >= 15 is 0 Å². The number of unbranched alkanes of at least 4 members (excludes halogenated alkanes) is 46. The number of nitrogens with zero attached hydrogens (tertiary/aromatic N) is 1. The summed E-state index contributed by atoms with van der Waals surface area (Å²) in [5.74, 6) is -0.186. The van der Waals surface area contributed by atoms with E-state index in [0.717, 1.165) is 44.9 Å². The molecule has 0 radical (unpaired) electrons. The first-order chi connectivity index (χ1) is 39.0. The second-order valence-electron chi connectivity index (χ2n) is 25.2. The summed E-state index contributed by atoms with van der Waals surface area (Å²) in [5.41, 5.74) is 0. The van der Waals surface area contributed by atoms with Crippen LogP contribution < -0.4 is 5.32 Å². The Bertz CT molecular complexity index is 1440. The van der Waals surface area contributed by atoms with Crippen LogP contribution in [0.15, 0.2) is 48.6 Å². The maximum atomic E-state index is 13.0. The minimum Gasteiger partial charge on any atom is -0.387 e. The van der Waals surface area contributed by atoms with Crippen LogP contribution in [-0.2, 0) is 18.4 Å². The van der Waals surface area contributed by atoms with Crippen molar-refractivity contribution in [1.29, 1.82) is 0 Å². The van der Waals surface area contributed by atoms with Gasteiger partial charge in [0, 0.05) is 6.42 Å². The molecule has 472 valence electrons. The lowest BCUT2D eigenvalue weighted by Crippen LogP contribution is -2.45. The minimum absolute atomic E-state index is 0.0540. The van der Waals surface area contributed by atoms with Gasteiger partial charge in [0.2, 0.25) is 5.91 Å². The van der Waals surface area contributed by atoms with Crippen LogP contribution >= 0.6 is 7.82 Å². The van der Waals surface area contributed by atoms with E-state index < -0.39 is 20.0 Å². The van der Waals surface area contributed by atoms with E-state index in [2.05, 4.69) is 55.6 Å². The van der Waals surface area contributed by atoms with E-state index in [1.54, 1.807) is 6.08 Å². The van der Waals surface area contributed by atoms with Crippen molar-refractivity contribution in [3.63, 3.8) is 0 Å². The molecule has 0 saturated carbocycles. The predicted octanol–water partition coefficient (Wildman–Crippen LogP) is 22.2. The van der Waals surface area contributed by atoms with Gasteiger partial charge in [0.05, 0.1) is 39.9 Å². The van der Waals surface area contributed by atoms with Crippen LogP contribution in [-0.4, -0.2) is 73.4 Å². The van der Waals surface area contributed by atoms with Crippen molar-refractivity contribution in [3.8, 4) is 0 Å². The molecule has 0 aliphatic heterocycles. The Kier molecular flexibility index (Phi) is 60.8. The molecule has 0 aliphatic rings. The smallest absolute Gasteiger partial charge is 0.387 e. The highest BCUT2D eigenvalue weighted by molar-refractivity contribution is 7.47. The summed E-state index contributed by atoms with van der Waals surface area (Å²) in [7, 11) is 1.56. The molecule has 0 saturated heterocycles. The van der Waals surface area contributed by atoms with E-state index in [1.165, 1.54) is 283 Å². The number of aliphatic hydroxyl groups is 1. The molecule has 0 rings (SSSR count). The van der Waals surface area contributed by atoms with Crippen LogP contribution in [0.5, 0.6) is 0 Å². The van der Waals surface area contributed by atoms with Gasteiger partial charge in [-0.2, -0.15) is 0 Å². The van der Waals surface area contributed by atoms with Crippen LogP contribution in [0.3, 0.4) is 0 Å². The summed E-state index contributed by atoms with van der Waals surface area (Å²) in [5, 5.41) is 14.0. The third-order valence-corrected chi connectivity index (χ3v) is 17.0. The van der Waals surface area contributed by atoms with Crippen LogP contribution in [0.2, 0.25) is 0 Å². The van der Waals surface area contributed by atoms with Crippen LogP contribution in [0, 0.1) is 0 Å². The number of aliphatic hydroxyl groups excluding tert-OH is 1. The van der Waals surface area contributed by atoms with E-state index in [0.29, 0.717) is 17.4 Å². The number of hydrogen-bond acceptors (Lipinski definition) is 5. The number of phosphoric acid groups is 1. The van der Waals surface area contributed by atoms with Crippen molar-refractivity contribution >= 4 is 13.7 Å². The average Bonchev–Trinajstić information content (AvgIpc) is 3.42. The Morgan fingerprint density at radius 2 is 0.688 bits per heavy atom. The molecule has 3 N–H and O–H groups in total. The zero-order chi connectivity index (χ0) is 58.4. The van der Waals surface area contributed by atoms with Gasteiger partial charge in [-0.25, -0.2) is 4.57 Å². The first-order valence-electron chi connectivity index (χ1n) is 35.0. The maximum absolute atomic E-state index is 13.0. The summed E-state index contributed by atoms with van der Waals surface area (Å²) in [4.78, 5) is 23.4. The largest absolute Gasteiger partial charge is 0.472 e. The number of phosphoric ester groups is 1.